The minimum Gasteiger partial charge on any atom is -0.393 e. The molecule has 0 spiro atoms. The van der Waals surface area contributed by atoms with Gasteiger partial charge >= 0.3 is 18.1 Å². The van der Waals surface area contributed by atoms with Gasteiger partial charge in [-0.2, -0.15) is 13.2 Å². The summed E-state index contributed by atoms with van der Waals surface area (Å²) in [7, 11) is 0. The van der Waals surface area contributed by atoms with Gasteiger partial charge in [-0.05, 0) is 23.8 Å². The molecule has 1 aromatic carbocycles. The van der Waals surface area contributed by atoms with E-state index in [0.29, 0.717) is 18.2 Å². The fraction of sp³-hybridized carbons (Fsp3) is 0.273. The maximum atomic E-state index is 13.0. The largest absolute Gasteiger partial charge is 0.416 e. The maximum absolute atomic E-state index is 13.0. The van der Waals surface area contributed by atoms with Gasteiger partial charge in [0.25, 0.3) is 0 Å². The lowest BCUT2D eigenvalue weighted by Gasteiger charge is -2.14. The summed E-state index contributed by atoms with van der Waals surface area (Å²) in [5, 5.41) is 0. The van der Waals surface area contributed by atoms with Crippen LogP contribution in [0.2, 0.25) is 0 Å². The zero-order chi connectivity index (χ0) is 13.5. The van der Waals surface area contributed by atoms with Crippen LogP contribution >= 0.6 is 0 Å². The van der Waals surface area contributed by atoms with E-state index < -0.39 is 47.4 Å². The normalized spacial score (nSPS) is 20.1. The molecule has 1 aliphatic heterocycles. The SMILES string of the molecule is O=C1CC(c2cc(F)ccc2C(F)(F)F)C(=O)O1. The van der Waals surface area contributed by atoms with E-state index in [4.69, 9.17) is 0 Å². The van der Waals surface area contributed by atoms with Crippen LogP contribution in [0, 0.1) is 5.82 Å². The molecule has 0 saturated carbocycles. The van der Waals surface area contributed by atoms with E-state index in [-0.39, 0.29) is 0 Å². The summed E-state index contributed by atoms with van der Waals surface area (Å²) in [6.07, 6.45) is -5.24. The lowest BCUT2D eigenvalue weighted by atomic mass is 9.92. The van der Waals surface area contributed by atoms with Crippen LogP contribution in [-0.4, -0.2) is 11.9 Å². The Labute approximate surface area is 98.3 Å². The second-order valence-electron chi connectivity index (χ2n) is 3.78. The van der Waals surface area contributed by atoms with Gasteiger partial charge in [0, 0.05) is 0 Å². The highest BCUT2D eigenvalue weighted by Crippen LogP contribution is 2.38. The van der Waals surface area contributed by atoms with Crippen molar-refractivity contribution in [2.24, 2.45) is 0 Å². The molecule has 0 bridgehead atoms. The van der Waals surface area contributed by atoms with Crippen LogP contribution < -0.4 is 0 Å². The summed E-state index contributed by atoms with van der Waals surface area (Å²) in [5.74, 6) is -4.31. The Balaban J connectivity index is 2.52. The van der Waals surface area contributed by atoms with Gasteiger partial charge in [0.05, 0.1) is 17.9 Å². The molecule has 0 amide bonds. The number of carbonyl (C=O) groups excluding carboxylic acids is 2. The second-order valence-corrected chi connectivity index (χ2v) is 3.78. The van der Waals surface area contributed by atoms with Crippen LogP contribution in [0.25, 0.3) is 0 Å². The molecule has 7 heteroatoms. The second kappa shape index (κ2) is 4.08. The molecular formula is C11H6F4O3. The van der Waals surface area contributed by atoms with Crippen molar-refractivity contribution >= 4 is 11.9 Å². The number of alkyl halides is 3. The molecule has 1 saturated heterocycles. The molecule has 1 aliphatic rings. The Bertz CT molecular complexity index is 522. The van der Waals surface area contributed by atoms with E-state index in [9.17, 15) is 27.2 Å². The molecule has 96 valence electrons. The van der Waals surface area contributed by atoms with Crippen molar-refractivity contribution in [1.29, 1.82) is 0 Å². The Kier molecular flexibility index (Phi) is 2.84. The summed E-state index contributed by atoms with van der Waals surface area (Å²) in [5.41, 5.74) is -1.71. The third-order valence-corrected chi connectivity index (χ3v) is 2.56. The van der Waals surface area contributed by atoms with Crippen molar-refractivity contribution in [3.8, 4) is 0 Å². The average molecular weight is 262 g/mol. The highest BCUT2D eigenvalue weighted by atomic mass is 19.4. The lowest BCUT2D eigenvalue weighted by molar-refractivity contribution is -0.152. The minimum atomic E-state index is -4.73. The molecule has 1 aromatic rings. The van der Waals surface area contributed by atoms with Gasteiger partial charge in [0.15, 0.2) is 0 Å². The van der Waals surface area contributed by atoms with Crippen molar-refractivity contribution in [3.63, 3.8) is 0 Å². The molecule has 3 nitrogen and oxygen atoms in total. The van der Waals surface area contributed by atoms with Crippen molar-refractivity contribution in [3.05, 3.63) is 35.1 Å². The molecule has 0 radical (unpaired) electrons. The van der Waals surface area contributed by atoms with Crippen LogP contribution in [0.5, 0.6) is 0 Å². The van der Waals surface area contributed by atoms with Gasteiger partial charge in [0.2, 0.25) is 0 Å². The number of hydrogen-bond donors (Lipinski definition) is 0. The fourth-order valence-corrected chi connectivity index (χ4v) is 1.79. The molecule has 0 N–H and O–H groups in total. The third-order valence-electron chi connectivity index (χ3n) is 2.56. The molecule has 1 atom stereocenters. The Morgan fingerprint density at radius 3 is 2.39 bits per heavy atom. The number of ether oxygens (including phenoxy) is 1. The fourth-order valence-electron chi connectivity index (χ4n) is 1.79. The Hall–Kier alpha value is -1.92. The van der Waals surface area contributed by atoms with E-state index >= 15 is 0 Å². The average Bonchev–Trinajstić information content (AvgIpc) is 2.55. The van der Waals surface area contributed by atoms with Crippen LogP contribution in [0.15, 0.2) is 18.2 Å². The molecule has 0 aliphatic carbocycles. The lowest BCUT2D eigenvalue weighted by Crippen LogP contribution is -2.15. The van der Waals surface area contributed by atoms with Gasteiger partial charge in [-0.3, -0.25) is 9.59 Å². The first-order chi connectivity index (χ1) is 8.29. The maximum Gasteiger partial charge on any atom is 0.416 e. The number of esters is 2. The standard InChI is InChI=1S/C11H6F4O3/c12-5-1-2-8(11(13,14)15)6(3-5)7-4-9(16)18-10(7)17/h1-3,7H,4H2. The molecule has 0 aromatic heterocycles. The van der Waals surface area contributed by atoms with Crippen LogP contribution in [-0.2, 0) is 20.5 Å². The zero-order valence-electron chi connectivity index (χ0n) is 8.75. The number of rotatable bonds is 1. The quantitative estimate of drug-likeness (QED) is 0.443. The monoisotopic (exact) mass is 262 g/mol. The van der Waals surface area contributed by atoms with Gasteiger partial charge in [-0.15, -0.1) is 0 Å². The third kappa shape index (κ3) is 2.20. The Morgan fingerprint density at radius 2 is 1.89 bits per heavy atom. The van der Waals surface area contributed by atoms with Crippen molar-refractivity contribution in [2.45, 2.75) is 18.5 Å². The molecule has 18 heavy (non-hydrogen) atoms. The minimum absolute atomic E-state index is 0.509. The summed E-state index contributed by atoms with van der Waals surface area (Å²) in [6.45, 7) is 0. The van der Waals surface area contributed by atoms with E-state index in [2.05, 4.69) is 4.74 Å². The number of halogens is 4. The van der Waals surface area contributed by atoms with Crippen LogP contribution in [0.1, 0.15) is 23.5 Å². The number of benzene rings is 1. The predicted octanol–water partition coefficient (Wildman–Crippen LogP) is 2.40. The zero-order valence-corrected chi connectivity index (χ0v) is 8.75. The van der Waals surface area contributed by atoms with Crippen molar-refractivity contribution in [2.75, 3.05) is 0 Å². The van der Waals surface area contributed by atoms with Crippen LogP contribution in [0.4, 0.5) is 17.6 Å². The Morgan fingerprint density at radius 1 is 1.22 bits per heavy atom. The van der Waals surface area contributed by atoms with Crippen molar-refractivity contribution < 1.29 is 31.9 Å². The summed E-state index contributed by atoms with van der Waals surface area (Å²) < 4.78 is 55.3. The van der Waals surface area contributed by atoms with E-state index in [1.54, 1.807) is 0 Å². The van der Waals surface area contributed by atoms with Gasteiger partial charge in [-0.1, -0.05) is 0 Å². The highest BCUT2D eigenvalue weighted by Gasteiger charge is 2.42. The van der Waals surface area contributed by atoms with E-state index in [0.717, 1.165) is 0 Å². The smallest absolute Gasteiger partial charge is 0.393 e. The topological polar surface area (TPSA) is 43.4 Å². The number of carbonyl (C=O) groups is 2. The van der Waals surface area contributed by atoms with E-state index in [1.165, 1.54) is 0 Å². The van der Waals surface area contributed by atoms with E-state index in [1.807, 2.05) is 0 Å². The first-order valence-electron chi connectivity index (χ1n) is 4.90. The number of cyclic esters (lactones) is 2. The predicted molar refractivity (Wildman–Crippen MR) is 49.9 cm³/mol. The number of hydrogen-bond acceptors (Lipinski definition) is 3. The molecular weight excluding hydrogens is 256 g/mol. The summed E-state index contributed by atoms with van der Waals surface area (Å²) in [4.78, 5) is 22.1. The van der Waals surface area contributed by atoms with Crippen molar-refractivity contribution in [1.82, 2.24) is 0 Å². The first-order valence-corrected chi connectivity index (χ1v) is 4.90. The molecule has 1 heterocycles. The first kappa shape index (κ1) is 12.5. The summed E-state index contributed by atoms with van der Waals surface area (Å²) in [6, 6.07) is 1.79. The highest BCUT2D eigenvalue weighted by molar-refractivity contribution is 5.98. The van der Waals surface area contributed by atoms with Crippen LogP contribution in [0.3, 0.4) is 0 Å². The van der Waals surface area contributed by atoms with Gasteiger partial charge in [0.1, 0.15) is 5.82 Å². The van der Waals surface area contributed by atoms with Gasteiger partial charge < -0.3 is 4.74 Å². The molecule has 2 rings (SSSR count). The molecule has 1 fully saturated rings. The van der Waals surface area contributed by atoms with Gasteiger partial charge in [-0.25, -0.2) is 4.39 Å². The molecule has 1 unspecified atom stereocenters. The summed E-state index contributed by atoms with van der Waals surface area (Å²) >= 11 is 0.